The molecule has 2 N–H and O–H groups in total. The van der Waals surface area contributed by atoms with E-state index in [1.807, 2.05) is 34.9 Å². The van der Waals surface area contributed by atoms with Crippen LogP contribution in [0.1, 0.15) is 56.9 Å². The maximum absolute atomic E-state index is 12.8. The van der Waals surface area contributed by atoms with Crippen molar-refractivity contribution in [2.45, 2.75) is 68.8 Å². The van der Waals surface area contributed by atoms with E-state index in [1.165, 1.54) is 25.7 Å². The smallest absolute Gasteiger partial charge is 0.238 e. The number of likely N-dealkylation sites (tertiary alicyclic amines) is 1. The van der Waals surface area contributed by atoms with Gasteiger partial charge in [-0.15, -0.1) is 11.8 Å². The number of hydrogen-bond acceptors (Lipinski definition) is 6. The van der Waals surface area contributed by atoms with Crippen LogP contribution in [0.15, 0.2) is 18.2 Å². The van der Waals surface area contributed by atoms with Gasteiger partial charge in [0.1, 0.15) is 0 Å². The average Bonchev–Trinajstić information content (AvgIpc) is 3.57. The van der Waals surface area contributed by atoms with Gasteiger partial charge < -0.3 is 19.7 Å². The van der Waals surface area contributed by atoms with Crippen LogP contribution < -0.4 is 20.1 Å². The van der Waals surface area contributed by atoms with Gasteiger partial charge in [0.05, 0.1) is 10.9 Å². The number of fused-ring (bicyclic) bond motifs is 1. The molecule has 2 saturated heterocycles. The van der Waals surface area contributed by atoms with E-state index < -0.39 is 0 Å². The summed E-state index contributed by atoms with van der Waals surface area (Å²) in [6.07, 6.45) is 8.82. The highest BCUT2D eigenvalue weighted by atomic mass is 32.2. The summed E-state index contributed by atoms with van der Waals surface area (Å²) in [5.41, 5.74) is 0.993. The molecule has 1 spiro atoms. The second-order valence-electron chi connectivity index (χ2n) is 9.48. The van der Waals surface area contributed by atoms with Crippen LogP contribution in [-0.2, 0) is 16.1 Å². The van der Waals surface area contributed by atoms with Crippen molar-refractivity contribution in [3.63, 3.8) is 0 Å². The van der Waals surface area contributed by atoms with E-state index in [4.69, 9.17) is 9.47 Å². The van der Waals surface area contributed by atoms with Gasteiger partial charge in [0.15, 0.2) is 11.5 Å². The maximum atomic E-state index is 12.8. The van der Waals surface area contributed by atoms with Crippen molar-refractivity contribution in [2.24, 2.45) is 5.92 Å². The van der Waals surface area contributed by atoms with Crippen molar-refractivity contribution in [1.29, 1.82) is 0 Å². The van der Waals surface area contributed by atoms with Gasteiger partial charge in [0.2, 0.25) is 18.6 Å². The summed E-state index contributed by atoms with van der Waals surface area (Å²) in [6.45, 7) is 2.29. The topological polar surface area (TPSA) is 79.9 Å². The van der Waals surface area contributed by atoms with E-state index in [0.29, 0.717) is 18.9 Å². The Balaban J connectivity index is 1.06. The van der Waals surface area contributed by atoms with Gasteiger partial charge in [0, 0.05) is 31.8 Å². The number of rotatable bonds is 6. The summed E-state index contributed by atoms with van der Waals surface area (Å²) in [5.74, 6) is 3.35. The Kier molecular flexibility index (Phi) is 6.51. The molecule has 1 unspecified atom stereocenters. The molecule has 3 aliphatic heterocycles. The maximum Gasteiger partial charge on any atom is 0.238 e. The minimum Gasteiger partial charge on any atom is -0.454 e. The molecule has 3 heterocycles. The van der Waals surface area contributed by atoms with Crippen molar-refractivity contribution >= 4 is 23.6 Å². The first-order chi connectivity index (χ1) is 15.6. The normalized spacial score (nSPS) is 24.2. The molecule has 1 aliphatic carbocycles. The molecule has 1 aromatic carbocycles. The molecular formula is C24H33N3O4S. The van der Waals surface area contributed by atoms with E-state index >= 15 is 0 Å². The number of hydrogen-bond donors (Lipinski definition) is 2. The molecule has 5 rings (SSSR count). The average molecular weight is 460 g/mol. The third-order valence-electron chi connectivity index (χ3n) is 7.35. The molecule has 1 atom stereocenters. The van der Waals surface area contributed by atoms with Crippen LogP contribution in [0.25, 0.3) is 0 Å². The monoisotopic (exact) mass is 459 g/mol. The molecule has 0 aromatic heterocycles. The Hall–Kier alpha value is -1.93. The fourth-order valence-corrected chi connectivity index (χ4v) is 6.76. The van der Waals surface area contributed by atoms with Crippen LogP contribution in [0, 0.1) is 5.92 Å². The van der Waals surface area contributed by atoms with Gasteiger partial charge in [-0.1, -0.05) is 31.7 Å². The predicted molar refractivity (Wildman–Crippen MR) is 124 cm³/mol. The minimum absolute atomic E-state index is 0.0297. The lowest BCUT2D eigenvalue weighted by Gasteiger charge is -2.39. The number of nitrogens with one attached hydrogen (secondary N) is 2. The molecule has 7 nitrogen and oxygen atoms in total. The summed E-state index contributed by atoms with van der Waals surface area (Å²) in [5, 5.41) is 6.64. The van der Waals surface area contributed by atoms with Crippen molar-refractivity contribution in [3.05, 3.63) is 23.8 Å². The molecule has 32 heavy (non-hydrogen) atoms. The zero-order valence-electron chi connectivity index (χ0n) is 18.6. The van der Waals surface area contributed by atoms with E-state index in [9.17, 15) is 9.59 Å². The van der Waals surface area contributed by atoms with E-state index in [1.54, 1.807) is 0 Å². The van der Waals surface area contributed by atoms with Crippen LogP contribution >= 0.6 is 11.8 Å². The summed E-state index contributed by atoms with van der Waals surface area (Å²) in [6, 6.07) is 5.55. The molecule has 174 valence electrons. The number of amides is 2. The van der Waals surface area contributed by atoms with Crippen LogP contribution in [-0.4, -0.2) is 53.3 Å². The quantitative estimate of drug-likeness (QED) is 0.681. The van der Waals surface area contributed by atoms with Crippen LogP contribution in [0.5, 0.6) is 11.5 Å². The Morgan fingerprint density at radius 3 is 2.75 bits per heavy atom. The number of nitrogens with zero attached hydrogens (tertiary/aromatic N) is 1. The van der Waals surface area contributed by atoms with Crippen LogP contribution in [0.2, 0.25) is 0 Å². The summed E-state index contributed by atoms with van der Waals surface area (Å²) >= 11 is 1.84. The Morgan fingerprint density at radius 1 is 1.16 bits per heavy atom. The van der Waals surface area contributed by atoms with Gasteiger partial charge >= 0.3 is 0 Å². The fourth-order valence-electron chi connectivity index (χ4n) is 5.34. The zero-order valence-corrected chi connectivity index (χ0v) is 19.4. The Morgan fingerprint density at radius 2 is 1.94 bits per heavy atom. The Bertz CT molecular complexity index is 850. The molecular weight excluding hydrogens is 426 g/mol. The molecule has 0 bridgehead atoms. The highest BCUT2D eigenvalue weighted by molar-refractivity contribution is 8.01. The first-order valence-electron chi connectivity index (χ1n) is 12.0. The number of carbonyl (C=O) groups excluding carboxylic acids is 2. The van der Waals surface area contributed by atoms with Crippen molar-refractivity contribution in [1.82, 2.24) is 15.5 Å². The molecule has 2 amide bonds. The SMILES string of the molecule is O=C(NCc1ccc2c(c1)OCO2)C1CSC2(CCN(C(=O)CCC3CCCC3)CC2)N1. The van der Waals surface area contributed by atoms with Crippen LogP contribution in [0.4, 0.5) is 0 Å². The van der Waals surface area contributed by atoms with Gasteiger partial charge in [0.25, 0.3) is 0 Å². The summed E-state index contributed by atoms with van der Waals surface area (Å²) < 4.78 is 10.7. The first-order valence-corrected chi connectivity index (χ1v) is 12.9. The van der Waals surface area contributed by atoms with Gasteiger partial charge in [-0.2, -0.15) is 0 Å². The number of benzene rings is 1. The number of carbonyl (C=O) groups is 2. The second kappa shape index (κ2) is 9.51. The highest BCUT2D eigenvalue weighted by Crippen LogP contribution is 2.39. The third-order valence-corrected chi connectivity index (χ3v) is 8.93. The first kappa shape index (κ1) is 21.9. The highest BCUT2D eigenvalue weighted by Gasteiger charge is 2.44. The number of piperidine rings is 1. The van der Waals surface area contributed by atoms with Gasteiger partial charge in [-0.05, 0) is 42.9 Å². The summed E-state index contributed by atoms with van der Waals surface area (Å²) in [4.78, 5) is 27.4. The van der Waals surface area contributed by atoms with Crippen molar-refractivity contribution < 1.29 is 19.1 Å². The fraction of sp³-hybridized carbons (Fsp3) is 0.667. The van der Waals surface area contributed by atoms with Crippen LogP contribution in [0.3, 0.4) is 0 Å². The van der Waals surface area contributed by atoms with Crippen molar-refractivity contribution in [3.8, 4) is 11.5 Å². The molecule has 4 aliphatic rings. The predicted octanol–water partition coefficient (Wildman–Crippen LogP) is 3.03. The molecule has 1 saturated carbocycles. The third kappa shape index (κ3) is 4.86. The standard InChI is InChI=1S/C24H33N3O4S/c28-22(8-6-17-3-1-2-4-17)27-11-9-24(10-12-27)26-19(15-32-24)23(29)25-14-18-5-7-20-21(13-18)31-16-30-20/h5,7,13,17,19,26H,1-4,6,8-12,14-16H2,(H,25,29). The lowest BCUT2D eigenvalue weighted by Crippen LogP contribution is -2.54. The number of thioether (sulfide) groups is 1. The molecule has 0 radical (unpaired) electrons. The van der Waals surface area contributed by atoms with E-state index in [2.05, 4.69) is 10.6 Å². The zero-order chi connectivity index (χ0) is 22.0. The molecule has 3 fully saturated rings. The number of ether oxygens (including phenoxy) is 2. The Labute approximate surface area is 194 Å². The largest absolute Gasteiger partial charge is 0.454 e. The van der Waals surface area contributed by atoms with Gasteiger partial charge in [-0.3, -0.25) is 14.9 Å². The van der Waals surface area contributed by atoms with Crippen molar-refractivity contribution in [2.75, 3.05) is 25.6 Å². The second-order valence-corrected chi connectivity index (χ2v) is 10.9. The van der Waals surface area contributed by atoms with E-state index in [0.717, 1.165) is 61.1 Å². The lowest BCUT2D eigenvalue weighted by atomic mass is 9.99. The lowest BCUT2D eigenvalue weighted by molar-refractivity contribution is -0.133. The molecule has 1 aromatic rings. The summed E-state index contributed by atoms with van der Waals surface area (Å²) in [7, 11) is 0. The molecule has 8 heteroatoms. The van der Waals surface area contributed by atoms with E-state index in [-0.39, 0.29) is 23.6 Å². The minimum atomic E-state index is -0.196. The van der Waals surface area contributed by atoms with Gasteiger partial charge in [-0.25, -0.2) is 0 Å².